The average Bonchev–Trinajstić information content (AvgIpc) is 2.68. The Morgan fingerprint density at radius 2 is 1.73 bits per heavy atom. The molecule has 6 heteroatoms. The molecule has 0 radical (unpaired) electrons. The van der Waals surface area contributed by atoms with Crippen molar-refractivity contribution in [3.05, 3.63) is 59.2 Å². The van der Waals surface area contributed by atoms with E-state index in [0.717, 1.165) is 11.1 Å². The maximum Gasteiger partial charge on any atom is 0.251 e. The lowest BCUT2D eigenvalue weighted by Crippen LogP contribution is -2.28. The Bertz CT molecular complexity index is 772. The Balaban J connectivity index is 2.02. The van der Waals surface area contributed by atoms with Crippen LogP contribution in [0.5, 0.6) is 11.5 Å². The van der Waals surface area contributed by atoms with Crippen molar-refractivity contribution in [2.75, 3.05) is 28.3 Å². The number of benzene rings is 2. The molecular formula is C20H24N2O4. The Kier molecular flexibility index (Phi) is 6.60. The highest BCUT2D eigenvalue weighted by molar-refractivity contribution is 5.93. The van der Waals surface area contributed by atoms with E-state index in [1.807, 2.05) is 24.3 Å². The van der Waals surface area contributed by atoms with Gasteiger partial charge >= 0.3 is 0 Å². The summed E-state index contributed by atoms with van der Waals surface area (Å²) in [6.07, 6.45) is 0.236. The summed E-state index contributed by atoms with van der Waals surface area (Å²) in [5, 5.41) is 2.58. The van der Waals surface area contributed by atoms with Gasteiger partial charge in [0.1, 0.15) is 11.5 Å². The molecule has 0 spiro atoms. The van der Waals surface area contributed by atoms with Crippen LogP contribution < -0.4 is 14.8 Å². The molecule has 0 unspecified atom stereocenters. The van der Waals surface area contributed by atoms with Gasteiger partial charge in [0.05, 0.1) is 20.6 Å². The van der Waals surface area contributed by atoms with Crippen molar-refractivity contribution < 1.29 is 19.1 Å². The fourth-order valence-corrected chi connectivity index (χ4v) is 2.56. The fourth-order valence-electron chi connectivity index (χ4n) is 2.56. The predicted molar refractivity (Wildman–Crippen MR) is 99.6 cm³/mol. The Hall–Kier alpha value is -3.02. The number of methoxy groups -OCH3 is 2. The number of ether oxygens (including phenoxy) is 2. The molecule has 0 heterocycles. The van der Waals surface area contributed by atoms with E-state index in [9.17, 15) is 9.59 Å². The SMILES string of the molecule is CNC(=O)c1ccc(CN(C)C(=O)Cc2ccc(OC)cc2OC)cc1. The molecule has 6 nitrogen and oxygen atoms in total. The van der Waals surface area contributed by atoms with Crippen LogP contribution in [0.15, 0.2) is 42.5 Å². The van der Waals surface area contributed by atoms with Gasteiger partial charge in [-0.25, -0.2) is 0 Å². The number of rotatable bonds is 7. The van der Waals surface area contributed by atoms with Crippen LogP contribution in [0.25, 0.3) is 0 Å². The first-order valence-electron chi connectivity index (χ1n) is 8.24. The fraction of sp³-hybridized carbons (Fsp3) is 0.300. The maximum atomic E-state index is 12.5. The highest BCUT2D eigenvalue weighted by atomic mass is 16.5. The molecular weight excluding hydrogens is 332 g/mol. The third kappa shape index (κ3) is 4.75. The maximum absolute atomic E-state index is 12.5. The summed E-state index contributed by atoms with van der Waals surface area (Å²) in [6.45, 7) is 0.464. The van der Waals surface area contributed by atoms with Crippen LogP contribution in [-0.2, 0) is 17.8 Å². The van der Waals surface area contributed by atoms with E-state index in [4.69, 9.17) is 9.47 Å². The van der Waals surface area contributed by atoms with Crippen molar-refractivity contribution >= 4 is 11.8 Å². The van der Waals surface area contributed by atoms with Gasteiger partial charge in [-0.15, -0.1) is 0 Å². The van der Waals surface area contributed by atoms with E-state index in [2.05, 4.69) is 5.32 Å². The molecule has 0 saturated heterocycles. The van der Waals surface area contributed by atoms with E-state index < -0.39 is 0 Å². The molecule has 138 valence electrons. The van der Waals surface area contributed by atoms with Gasteiger partial charge in [-0.2, -0.15) is 0 Å². The average molecular weight is 356 g/mol. The minimum Gasteiger partial charge on any atom is -0.497 e. The van der Waals surface area contributed by atoms with E-state index in [-0.39, 0.29) is 18.2 Å². The second-order valence-electron chi connectivity index (χ2n) is 5.88. The second kappa shape index (κ2) is 8.89. The molecule has 2 aromatic carbocycles. The van der Waals surface area contributed by atoms with Gasteiger partial charge in [0.2, 0.25) is 5.91 Å². The number of hydrogen-bond acceptors (Lipinski definition) is 4. The summed E-state index contributed by atoms with van der Waals surface area (Å²) in [6, 6.07) is 12.6. The van der Waals surface area contributed by atoms with Crippen LogP contribution in [0.2, 0.25) is 0 Å². The van der Waals surface area contributed by atoms with E-state index in [0.29, 0.717) is 23.6 Å². The zero-order valence-electron chi connectivity index (χ0n) is 15.5. The van der Waals surface area contributed by atoms with Gasteiger partial charge in [-0.05, 0) is 23.8 Å². The molecule has 26 heavy (non-hydrogen) atoms. The van der Waals surface area contributed by atoms with Crippen molar-refractivity contribution in [3.63, 3.8) is 0 Å². The van der Waals surface area contributed by atoms with Crippen molar-refractivity contribution in [1.82, 2.24) is 10.2 Å². The van der Waals surface area contributed by atoms with Gasteiger partial charge in [-0.1, -0.05) is 18.2 Å². The molecule has 0 aliphatic carbocycles. The summed E-state index contributed by atoms with van der Waals surface area (Å²) in [5.74, 6) is 1.15. The first-order valence-corrected chi connectivity index (χ1v) is 8.24. The summed E-state index contributed by atoms with van der Waals surface area (Å²) >= 11 is 0. The van der Waals surface area contributed by atoms with Crippen molar-refractivity contribution in [2.24, 2.45) is 0 Å². The molecule has 0 bridgehead atoms. The third-order valence-corrected chi connectivity index (χ3v) is 4.12. The van der Waals surface area contributed by atoms with Gasteiger partial charge < -0.3 is 19.7 Å². The Morgan fingerprint density at radius 1 is 1.04 bits per heavy atom. The first kappa shape index (κ1) is 19.3. The summed E-state index contributed by atoms with van der Waals surface area (Å²) in [4.78, 5) is 25.8. The largest absolute Gasteiger partial charge is 0.497 e. The highest BCUT2D eigenvalue weighted by Gasteiger charge is 2.14. The van der Waals surface area contributed by atoms with Crippen LogP contribution in [0.3, 0.4) is 0 Å². The summed E-state index contributed by atoms with van der Waals surface area (Å²) < 4.78 is 10.5. The van der Waals surface area contributed by atoms with Crippen LogP contribution in [0.4, 0.5) is 0 Å². The molecule has 0 aliphatic heterocycles. The lowest BCUT2D eigenvalue weighted by Gasteiger charge is -2.18. The standard InChI is InChI=1S/C20H24N2O4/c1-21-20(24)15-7-5-14(6-8-15)13-22(2)19(23)11-16-9-10-17(25-3)12-18(16)26-4/h5-10,12H,11,13H2,1-4H3,(H,21,24). The molecule has 1 N–H and O–H groups in total. The number of likely N-dealkylation sites (N-methyl/N-ethyl adjacent to an activating group) is 1. The van der Waals surface area contributed by atoms with Crippen molar-refractivity contribution in [1.29, 1.82) is 0 Å². The Labute approximate surface area is 153 Å². The zero-order valence-corrected chi connectivity index (χ0v) is 15.5. The second-order valence-corrected chi connectivity index (χ2v) is 5.88. The molecule has 0 saturated carbocycles. The molecule has 0 fully saturated rings. The number of nitrogens with one attached hydrogen (secondary N) is 1. The van der Waals surface area contributed by atoms with E-state index in [1.165, 1.54) is 0 Å². The van der Waals surface area contributed by atoms with Crippen molar-refractivity contribution in [3.8, 4) is 11.5 Å². The van der Waals surface area contributed by atoms with Crippen LogP contribution in [-0.4, -0.2) is 45.0 Å². The molecule has 2 aromatic rings. The van der Waals surface area contributed by atoms with E-state index in [1.54, 1.807) is 51.4 Å². The normalized spacial score (nSPS) is 10.2. The molecule has 2 rings (SSSR count). The Morgan fingerprint density at radius 3 is 2.31 bits per heavy atom. The lowest BCUT2D eigenvalue weighted by molar-refractivity contribution is -0.129. The zero-order chi connectivity index (χ0) is 19.1. The number of amides is 2. The number of carbonyl (C=O) groups excluding carboxylic acids is 2. The molecule has 2 amide bonds. The quantitative estimate of drug-likeness (QED) is 0.826. The van der Waals surface area contributed by atoms with Gasteiger partial charge in [0.25, 0.3) is 5.91 Å². The topological polar surface area (TPSA) is 67.9 Å². The van der Waals surface area contributed by atoms with Crippen LogP contribution >= 0.6 is 0 Å². The third-order valence-electron chi connectivity index (χ3n) is 4.12. The van der Waals surface area contributed by atoms with Crippen LogP contribution in [0.1, 0.15) is 21.5 Å². The molecule has 0 atom stereocenters. The summed E-state index contributed by atoms with van der Waals surface area (Å²) in [5.41, 5.74) is 2.35. The minimum atomic E-state index is -0.132. The lowest BCUT2D eigenvalue weighted by atomic mass is 10.1. The van der Waals surface area contributed by atoms with Gasteiger partial charge in [-0.3, -0.25) is 9.59 Å². The monoisotopic (exact) mass is 356 g/mol. The van der Waals surface area contributed by atoms with Gasteiger partial charge in [0.15, 0.2) is 0 Å². The van der Waals surface area contributed by atoms with E-state index >= 15 is 0 Å². The smallest absolute Gasteiger partial charge is 0.251 e. The molecule has 0 aromatic heterocycles. The predicted octanol–water partition coefficient (Wildman–Crippen LogP) is 2.26. The number of carbonyl (C=O) groups is 2. The van der Waals surface area contributed by atoms with Gasteiger partial charge in [0, 0.05) is 37.8 Å². The highest BCUT2D eigenvalue weighted by Crippen LogP contribution is 2.25. The summed E-state index contributed by atoms with van der Waals surface area (Å²) in [7, 11) is 6.50. The first-order chi connectivity index (χ1) is 12.5. The number of hydrogen-bond donors (Lipinski definition) is 1. The van der Waals surface area contributed by atoms with Crippen molar-refractivity contribution in [2.45, 2.75) is 13.0 Å². The number of nitrogens with zero attached hydrogens (tertiary/aromatic N) is 1. The molecule has 0 aliphatic rings. The minimum absolute atomic E-state index is 0.0242. The van der Waals surface area contributed by atoms with Crippen LogP contribution in [0, 0.1) is 0 Å².